The Kier molecular flexibility index (Phi) is 3.55. The quantitative estimate of drug-likeness (QED) is 0.489. The molecule has 1 aromatic heterocycles. The van der Waals surface area contributed by atoms with E-state index in [-0.39, 0.29) is 10.9 Å². The van der Waals surface area contributed by atoms with Gasteiger partial charge >= 0.3 is 0 Å². The monoisotopic (exact) mass is 345 g/mol. The van der Waals surface area contributed by atoms with Crippen LogP contribution < -0.4 is 0 Å². The van der Waals surface area contributed by atoms with Gasteiger partial charge in [0.1, 0.15) is 5.15 Å². The molecule has 20 heavy (non-hydrogen) atoms. The van der Waals surface area contributed by atoms with Crippen LogP contribution in [0, 0.1) is 0 Å². The van der Waals surface area contributed by atoms with Crippen LogP contribution in [0.25, 0.3) is 10.9 Å². The van der Waals surface area contributed by atoms with Gasteiger partial charge in [0, 0.05) is 15.4 Å². The Morgan fingerprint density at radius 3 is 2.55 bits per heavy atom. The molecule has 0 saturated heterocycles. The van der Waals surface area contributed by atoms with E-state index in [1.54, 1.807) is 18.2 Å². The summed E-state index contributed by atoms with van der Waals surface area (Å²) < 4.78 is 0.937. The summed E-state index contributed by atoms with van der Waals surface area (Å²) in [5.74, 6) is -0.120. The summed E-state index contributed by atoms with van der Waals surface area (Å²) in [6, 6.07) is 16.5. The molecule has 0 bridgehead atoms. The van der Waals surface area contributed by atoms with Crippen molar-refractivity contribution in [3.05, 3.63) is 75.4 Å². The molecule has 98 valence electrons. The number of hydrogen-bond acceptors (Lipinski definition) is 2. The van der Waals surface area contributed by atoms with E-state index < -0.39 is 0 Å². The maximum atomic E-state index is 12.5. The Morgan fingerprint density at radius 1 is 1.05 bits per heavy atom. The van der Waals surface area contributed by atoms with Crippen molar-refractivity contribution < 1.29 is 4.79 Å². The minimum atomic E-state index is -0.120. The number of halogens is 2. The normalized spacial score (nSPS) is 10.7. The fourth-order valence-corrected chi connectivity index (χ4v) is 2.64. The second-order valence-corrected chi connectivity index (χ2v) is 5.63. The van der Waals surface area contributed by atoms with Crippen LogP contribution in [-0.2, 0) is 0 Å². The van der Waals surface area contributed by atoms with Crippen molar-refractivity contribution in [2.75, 3.05) is 0 Å². The first-order valence-electron chi connectivity index (χ1n) is 6.01. The van der Waals surface area contributed by atoms with Crippen LogP contribution in [0.15, 0.2) is 59.1 Å². The van der Waals surface area contributed by atoms with Gasteiger partial charge in [-0.2, -0.15) is 0 Å². The summed E-state index contributed by atoms with van der Waals surface area (Å²) in [4.78, 5) is 16.7. The number of carbonyl (C=O) groups is 1. The molecule has 0 aliphatic heterocycles. The van der Waals surface area contributed by atoms with Gasteiger partial charge in [-0.3, -0.25) is 4.79 Å². The van der Waals surface area contributed by atoms with Crippen LogP contribution in [0.2, 0.25) is 5.15 Å². The number of fused-ring (bicyclic) bond motifs is 1. The molecule has 3 rings (SSSR count). The Morgan fingerprint density at radius 2 is 1.80 bits per heavy atom. The third kappa shape index (κ3) is 2.47. The second kappa shape index (κ2) is 5.35. The van der Waals surface area contributed by atoms with E-state index in [1.165, 1.54) is 0 Å². The Balaban J connectivity index is 2.16. The first-order valence-corrected chi connectivity index (χ1v) is 7.18. The molecular weight excluding hydrogens is 338 g/mol. The van der Waals surface area contributed by atoms with Crippen LogP contribution in [0.5, 0.6) is 0 Å². The van der Waals surface area contributed by atoms with Crippen LogP contribution in [0.3, 0.4) is 0 Å². The third-order valence-electron chi connectivity index (χ3n) is 3.01. The Hall–Kier alpha value is -1.71. The topological polar surface area (TPSA) is 30.0 Å². The lowest BCUT2D eigenvalue weighted by molar-refractivity contribution is 0.103. The highest BCUT2D eigenvalue weighted by atomic mass is 79.9. The summed E-state index contributed by atoms with van der Waals surface area (Å²) in [7, 11) is 0. The molecular formula is C16H9BrClNO. The maximum Gasteiger partial charge on any atom is 0.196 e. The van der Waals surface area contributed by atoms with Crippen LogP contribution >= 0.6 is 27.5 Å². The first kappa shape index (κ1) is 13.3. The molecule has 3 aromatic rings. The van der Waals surface area contributed by atoms with Crippen molar-refractivity contribution in [2.45, 2.75) is 0 Å². The lowest BCUT2D eigenvalue weighted by Crippen LogP contribution is -2.03. The van der Waals surface area contributed by atoms with E-state index in [0.29, 0.717) is 11.1 Å². The summed E-state index contributed by atoms with van der Waals surface area (Å²) in [6.45, 7) is 0. The number of nitrogens with zero attached hydrogens (tertiary/aromatic N) is 1. The van der Waals surface area contributed by atoms with Gasteiger partial charge in [-0.25, -0.2) is 4.98 Å². The van der Waals surface area contributed by atoms with Gasteiger partial charge in [-0.15, -0.1) is 0 Å². The van der Waals surface area contributed by atoms with Crippen molar-refractivity contribution in [1.29, 1.82) is 0 Å². The molecule has 0 aliphatic rings. The molecule has 0 radical (unpaired) electrons. The molecule has 2 nitrogen and oxygen atoms in total. The number of rotatable bonds is 2. The van der Waals surface area contributed by atoms with Crippen LogP contribution in [0.4, 0.5) is 0 Å². The smallest absolute Gasteiger partial charge is 0.196 e. The highest BCUT2D eigenvalue weighted by molar-refractivity contribution is 9.10. The average molecular weight is 347 g/mol. The zero-order chi connectivity index (χ0) is 14.1. The van der Waals surface area contributed by atoms with Crippen LogP contribution in [0.1, 0.15) is 15.9 Å². The predicted molar refractivity (Wildman–Crippen MR) is 84.3 cm³/mol. The molecule has 0 fully saturated rings. The lowest BCUT2D eigenvalue weighted by Gasteiger charge is -2.06. The number of aromatic nitrogens is 1. The summed E-state index contributed by atoms with van der Waals surface area (Å²) in [5, 5.41) is 1.11. The van der Waals surface area contributed by atoms with E-state index in [4.69, 9.17) is 11.6 Å². The van der Waals surface area contributed by atoms with E-state index in [9.17, 15) is 4.79 Å². The first-order chi connectivity index (χ1) is 9.65. The number of benzene rings is 2. The molecule has 0 amide bonds. The highest BCUT2D eigenvalue weighted by Gasteiger charge is 2.14. The van der Waals surface area contributed by atoms with Gasteiger partial charge < -0.3 is 0 Å². The summed E-state index contributed by atoms with van der Waals surface area (Å²) >= 11 is 9.56. The molecule has 0 unspecified atom stereocenters. The number of ketones is 1. The largest absolute Gasteiger partial charge is 0.288 e. The third-order valence-corrected chi connectivity index (χ3v) is 3.79. The van der Waals surface area contributed by atoms with Gasteiger partial charge in [0.2, 0.25) is 0 Å². The molecule has 0 N–H and O–H groups in total. The van der Waals surface area contributed by atoms with E-state index in [0.717, 1.165) is 15.4 Å². The van der Waals surface area contributed by atoms with Gasteiger partial charge in [-0.1, -0.05) is 57.9 Å². The zero-order valence-electron chi connectivity index (χ0n) is 10.3. The fourth-order valence-electron chi connectivity index (χ4n) is 2.03. The minimum Gasteiger partial charge on any atom is -0.288 e. The second-order valence-electron chi connectivity index (χ2n) is 4.36. The molecule has 0 atom stereocenters. The van der Waals surface area contributed by atoms with E-state index in [1.807, 2.05) is 36.4 Å². The van der Waals surface area contributed by atoms with Crippen molar-refractivity contribution in [3.63, 3.8) is 0 Å². The fraction of sp³-hybridized carbons (Fsp3) is 0. The maximum absolute atomic E-state index is 12.5. The predicted octanol–water partition coefficient (Wildman–Crippen LogP) is 4.88. The lowest BCUT2D eigenvalue weighted by atomic mass is 10.0. The molecule has 0 saturated carbocycles. The molecule has 0 aliphatic carbocycles. The van der Waals surface area contributed by atoms with Crippen molar-refractivity contribution >= 4 is 44.2 Å². The molecule has 4 heteroatoms. The van der Waals surface area contributed by atoms with Gasteiger partial charge in [0.25, 0.3) is 0 Å². The van der Waals surface area contributed by atoms with E-state index >= 15 is 0 Å². The van der Waals surface area contributed by atoms with Crippen molar-refractivity contribution in [1.82, 2.24) is 4.98 Å². The zero-order valence-corrected chi connectivity index (χ0v) is 12.6. The number of pyridine rings is 1. The van der Waals surface area contributed by atoms with Gasteiger partial charge in [0.05, 0.1) is 11.1 Å². The summed E-state index contributed by atoms with van der Waals surface area (Å²) in [5.41, 5.74) is 1.79. The van der Waals surface area contributed by atoms with Gasteiger partial charge in [-0.05, 0) is 24.3 Å². The van der Waals surface area contributed by atoms with Crippen molar-refractivity contribution in [3.8, 4) is 0 Å². The Labute approximate surface area is 129 Å². The van der Waals surface area contributed by atoms with Gasteiger partial charge in [0.15, 0.2) is 5.78 Å². The Bertz CT molecular complexity index is 802. The standard InChI is InChI=1S/C16H9BrClNO/c17-12-6-7-14-11(8-12)9-13(16(18)19-14)15(20)10-4-2-1-3-5-10/h1-9H. The molecule has 0 spiro atoms. The minimum absolute atomic E-state index is 0.120. The average Bonchev–Trinajstić information content (AvgIpc) is 2.47. The van der Waals surface area contributed by atoms with Crippen LogP contribution in [-0.4, -0.2) is 10.8 Å². The SMILES string of the molecule is O=C(c1ccccc1)c1cc2cc(Br)ccc2nc1Cl. The van der Waals surface area contributed by atoms with Crippen molar-refractivity contribution in [2.24, 2.45) is 0 Å². The summed E-state index contributed by atoms with van der Waals surface area (Å²) in [6.07, 6.45) is 0. The molecule has 1 heterocycles. The van der Waals surface area contributed by atoms with E-state index in [2.05, 4.69) is 20.9 Å². The molecule has 2 aromatic carbocycles. The number of hydrogen-bond donors (Lipinski definition) is 0. The highest BCUT2D eigenvalue weighted by Crippen LogP contribution is 2.25. The number of carbonyl (C=O) groups excluding carboxylic acids is 1.